The van der Waals surface area contributed by atoms with E-state index < -0.39 is 0 Å². The van der Waals surface area contributed by atoms with Crippen LogP contribution in [-0.4, -0.2) is 45.8 Å². The Morgan fingerprint density at radius 3 is 2.73 bits per heavy atom. The molecule has 1 aliphatic heterocycles. The number of nitrogens with one attached hydrogen (secondary N) is 1. The lowest BCUT2D eigenvalue weighted by molar-refractivity contribution is 0.377. The van der Waals surface area contributed by atoms with Gasteiger partial charge in [-0.05, 0) is 12.0 Å². The largest absolute Gasteiger partial charge is 0.443 e. The fourth-order valence-corrected chi connectivity index (χ4v) is 3.10. The Kier molecular flexibility index (Phi) is 6.70. The van der Waals surface area contributed by atoms with Gasteiger partial charge >= 0.3 is 0 Å². The molecule has 0 bridgehead atoms. The number of aromatic nitrogens is 3. The first kappa shape index (κ1) is 20.7. The first-order valence-electron chi connectivity index (χ1n) is 8.76. The fraction of sp³-hybridized carbons (Fsp3) is 0.611. The molecule has 2 aromatic heterocycles. The number of hydrogen-bond donors (Lipinski definition) is 1. The molecule has 1 aliphatic rings. The third-order valence-corrected chi connectivity index (χ3v) is 4.59. The second-order valence-electron chi connectivity index (χ2n) is 7.65. The van der Waals surface area contributed by atoms with Crippen molar-refractivity contribution in [1.82, 2.24) is 25.0 Å². The maximum atomic E-state index is 5.84. The van der Waals surface area contributed by atoms with Gasteiger partial charge in [-0.1, -0.05) is 20.8 Å². The van der Waals surface area contributed by atoms with Crippen LogP contribution in [0.4, 0.5) is 0 Å². The standard InChI is InChI=1S/C18H28N6O.HI/c1-18(2,3)15-9-20-16(25-15)10-21-17(19-4)24-7-6-13(12-24)14-8-22-23(5)11-14;/h8-9,11,13H,6-7,10,12H2,1-5H3,(H,19,21);1H. The van der Waals surface area contributed by atoms with Gasteiger partial charge in [0, 0.05) is 44.7 Å². The van der Waals surface area contributed by atoms with E-state index in [1.165, 1.54) is 5.56 Å². The van der Waals surface area contributed by atoms with Crippen LogP contribution in [0.25, 0.3) is 0 Å². The molecule has 0 saturated carbocycles. The molecule has 0 spiro atoms. The second kappa shape index (κ2) is 8.41. The molecular weight excluding hydrogens is 443 g/mol. The lowest BCUT2D eigenvalue weighted by Gasteiger charge is -2.21. The molecule has 1 atom stereocenters. The van der Waals surface area contributed by atoms with E-state index in [4.69, 9.17) is 4.42 Å². The molecule has 1 unspecified atom stereocenters. The summed E-state index contributed by atoms with van der Waals surface area (Å²) in [7, 11) is 3.77. The van der Waals surface area contributed by atoms with E-state index in [2.05, 4.69) is 52.3 Å². The highest BCUT2D eigenvalue weighted by Gasteiger charge is 2.27. The Bertz CT molecular complexity index is 745. The molecule has 3 heterocycles. The van der Waals surface area contributed by atoms with E-state index in [9.17, 15) is 0 Å². The van der Waals surface area contributed by atoms with Gasteiger partial charge in [-0.25, -0.2) is 4.98 Å². The molecule has 0 aliphatic carbocycles. The Morgan fingerprint density at radius 1 is 1.38 bits per heavy atom. The summed E-state index contributed by atoms with van der Waals surface area (Å²) in [5.74, 6) is 2.98. The summed E-state index contributed by atoms with van der Waals surface area (Å²) in [6.07, 6.45) is 6.99. The zero-order valence-corrected chi connectivity index (χ0v) is 18.5. The van der Waals surface area contributed by atoms with Gasteiger partial charge in [-0.3, -0.25) is 9.67 Å². The number of rotatable bonds is 3. The van der Waals surface area contributed by atoms with Crippen molar-refractivity contribution in [2.75, 3.05) is 20.1 Å². The minimum Gasteiger partial charge on any atom is -0.443 e. The van der Waals surface area contributed by atoms with E-state index in [1.807, 2.05) is 31.2 Å². The quantitative estimate of drug-likeness (QED) is 0.423. The van der Waals surface area contributed by atoms with Crippen LogP contribution in [0.1, 0.15) is 50.3 Å². The van der Waals surface area contributed by atoms with Crippen LogP contribution in [-0.2, 0) is 19.0 Å². The first-order valence-corrected chi connectivity index (χ1v) is 8.76. The number of aryl methyl sites for hydroxylation is 1. The molecule has 1 saturated heterocycles. The zero-order valence-electron chi connectivity index (χ0n) is 16.2. The summed E-state index contributed by atoms with van der Waals surface area (Å²) in [5, 5.41) is 7.65. The van der Waals surface area contributed by atoms with Crippen molar-refractivity contribution in [2.45, 2.75) is 45.1 Å². The van der Waals surface area contributed by atoms with Gasteiger partial charge < -0.3 is 14.6 Å². The van der Waals surface area contributed by atoms with Crippen LogP contribution in [0.2, 0.25) is 0 Å². The van der Waals surface area contributed by atoms with Crippen molar-refractivity contribution in [3.05, 3.63) is 35.8 Å². The van der Waals surface area contributed by atoms with E-state index in [-0.39, 0.29) is 29.4 Å². The highest BCUT2D eigenvalue weighted by molar-refractivity contribution is 14.0. The van der Waals surface area contributed by atoms with E-state index >= 15 is 0 Å². The van der Waals surface area contributed by atoms with Crippen LogP contribution >= 0.6 is 24.0 Å². The van der Waals surface area contributed by atoms with Gasteiger partial charge in [0.25, 0.3) is 0 Å². The average molecular weight is 472 g/mol. The van der Waals surface area contributed by atoms with Gasteiger partial charge in [0.1, 0.15) is 5.76 Å². The third kappa shape index (κ3) is 4.77. The molecule has 144 valence electrons. The Hall–Kier alpha value is -1.58. The van der Waals surface area contributed by atoms with Gasteiger partial charge in [-0.2, -0.15) is 5.10 Å². The molecule has 0 radical (unpaired) electrons. The van der Waals surface area contributed by atoms with Crippen LogP contribution < -0.4 is 5.32 Å². The van der Waals surface area contributed by atoms with E-state index in [0.717, 1.165) is 31.2 Å². The number of aliphatic imine (C=N–C) groups is 1. The van der Waals surface area contributed by atoms with Gasteiger partial charge in [0.2, 0.25) is 5.89 Å². The summed E-state index contributed by atoms with van der Waals surface area (Å²) in [6, 6.07) is 0. The predicted octanol–water partition coefficient (Wildman–Crippen LogP) is 2.89. The summed E-state index contributed by atoms with van der Waals surface area (Å²) < 4.78 is 7.70. The molecule has 0 amide bonds. The van der Waals surface area contributed by atoms with E-state index in [1.54, 1.807) is 0 Å². The number of nitrogens with zero attached hydrogens (tertiary/aromatic N) is 5. The van der Waals surface area contributed by atoms with Gasteiger partial charge in [0.05, 0.1) is 18.9 Å². The monoisotopic (exact) mass is 472 g/mol. The van der Waals surface area contributed by atoms with Crippen molar-refractivity contribution in [3.63, 3.8) is 0 Å². The number of likely N-dealkylation sites (tertiary alicyclic amines) is 1. The Labute approximate surface area is 172 Å². The Morgan fingerprint density at radius 2 is 2.15 bits per heavy atom. The summed E-state index contributed by atoms with van der Waals surface area (Å²) >= 11 is 0. The molecule has 1 fully saturated rings. The number of hydrogen-bond acceptors (Lipinski definition) is 4. The fourth-order valence-electron chi connectivity index (χ4n) is 3.10. The van der Waals surface area contributed by atoms with Crippen LogP contribution in [0.15, 0.2) is 28.0 Å². The molecule has 1 N–H and O–H groups in total. The SMILES string of the molecule is CN=C(NCc1ncc(C(C)(C)C)o1)N1CCC(c2cnn(C)c2)C1.I. The van der Waals surface area contributed by atoms with Gasteiger partial charge in [0.15, 0.2) is 5.96 Å². The molecule has 2 aromatic rings. The highest BCUT2D eigenvalue weighted by Crippen LogP contribution is 2.27. The molecular formula is C18H29IN6O. The third-order valence-electron chi connectivity index (χ3n) is 4.59. The normalized spacial score (nSPS) is 18.1. The molecule has 0 aromatic carbocycles. The smallest absolute Gasteiger partial charge is 0.213 e. The van der Waals surface area contributed by atoms with Crippen LogP contribution in [0, 0.1) is 0 Å². The predicted molar refractivity (Wildman–Crippen MR) is 113 cm³/mol. The summed E-state index contributed by atoms with van der Waals surface area (Å²) in [6.45, 7) is 8.82. The van der Waals surface area contributed by atoms with Crippen LogP contribution in [0.5, 0.6) is 0 Å². The molecule has 8 heteroatoms. The topological polar surface area (TPSA) is 71.5 Å². The van der Waals surface area contributed by atoms with E-state index in [0.29, 0.717) is 18.4 Å². The maximum Gasteiger partial charge on any atom is 0.213 e. The lowest BCUT2D eigenvalue weighted by Crippen LogP contribution is -2.39. The Balaban J connectivity index is 0.00000243. The number of halogens is 1. The number of guanidine groups is 1. The van der Waals surface area contributed by atoms with Crippen LogP contribution in [0.3, 0.4) is 0 Å². The van der Waals surface area contributed by atoms with Crippen molar-refractivity contribution < 1.29 is 4.42 Å². The van der Waals surface area contributed by atoms with Crippen molar-refractivity contribution in [1.29, 1.82) is 0 Å². The minimum atomic E-state index is -0.0289. The van der Waals surface area contributed by atoms with Crippen molar-refractivity contribution in [3.8, 4) is 0 Å². The first-order chi connectivity index (χ1) is 11.9. The van der Waals surface area contributed by atoms with Crippen molar-refractivity contribution >= 4 is 29.9 Å². The molecule has 7 nitrogen and oxygen atoms in total. The molecule has 26 heavy (non-hydrogen) atoms. The summed E-state index contributed by atoms with van der Waals surface area (Å²) in [5.41, 5.74) is 1.27. The zero-order chi connectivity index (χ0) is 18.0. The van der Waals surface area contributed by atoms with Gasteiger partial charge in [-0.15, -0.1) is 24.0 Å². The minimum absolute atomic E-state index is 0. The highest BCUT2D eigenvalue weighted by atomic mass is 127. The second-order valence-corrected chi connectivity index (χ2v) is 7.65. The average Bonchev–Trinajstić information content (AvgIpc) is 3.26. The summed E-state index contributed by atoms with van der Waals surface area (Å²) in [4.78, 5) is 11.1. The van der Waals surface area contributed by atoms with Crippen molar-refractivity contribution in [2.24, 2.45) is 12.0 Å². The lowest BCUT2D eigenvalue weighted by atomic mass is 9.94. The number of oxazole rings is 1. The maximum absolute atomic E-state index is 5.84. The molecule has 3 rings (SSSR count).